The first-order chi connectivity index (χ1) is 14.6. The molecule has 0 aliphatic carbocycles. The van der Waals surface area contributed by atoms with E-state index in [1.165, 1.54) is 18.3 Å². The lowest BCUT2D eigenvalue weighted by atomic mass is 10.1. The van der Waals surface area contributed by atoms with E-state index in [1.54, 1.807) is 10.9 Å². The molecule has 0 spiro atoms. The van der Waals surface area contributed by atoms with Gasteiger partial charge in [-0.1, -0.05) is 12.1 Å². The normalized spacial score (nSPS) is 14.8. The molecule has 3 aromatic rings. The highest BCUT2D eigenvalue weighted by atomic mass is 19.2. The fourth-order valence-electron chi connectivity index (χ4n) is 3.59. The van der Waals surface area contributed by atoms with Crippen molar-refractivity contribution in [2.75, 3.05) is 18.5 Å². The summed E-state index contributed by atoms with van der Waals surface area (Å²) < 4.78 is 34.5. The van der Waals surface area contributed by atoms with Crippen molar-refractivity contribution < 1.29 is 18.3 Å². The number of ether oxygens (including phenoxy) is 1. The summed E-state index contributed by atoms with van der Waals surface area (Å²) in [7, 11) is 0. The highest BCUT2D eigenvalue weighted by Crippen LogP contribution is 2.28. The van der Waals surface area contributed by atoms with Crippen LogP contribution in [-0.4, -0.2) is 39.9 Å². The predicted octanol–water partition coefficient (Wildman–Crippen LogP) is 3.25. The molecule has 7 nitrogen and oxygen atoms in total. The molecule has 9 heteroatoms. The van der Waals surface area contributed by atoms with Gasteiger partial charge in [-0.2, -0.15) is 5.10 Å². The van der Waals surface area contributed by atoms with Crippen LogP contribution >= 0.6 is 0 Å². The number of rotatable bonds is 6. The zero-order valence-electron chi connectivity index (χ0n) is 16.6. The quantitative estimate of drug-likeness (QED) is 0.646. The van der Waals surface area contributed by atoms with Crippen molar-refractivity contribution in [3.63, 3.8) is 0 Å². The summed E-state index contributed by atoms with van der Waals surface area (Å²) in [4.78, 5) is 17.4. The lowest BCUT2D eigenvalue weighted by Crippen LogP contribution is -2.30. The molecule has 0 atom stereocenters. The molecule has 1 amide bonds. The van der Waals surface area contributed by atoms with Gasteiger partial charge in [0, 0.05) is 44.1 Å². The van der Waals surface area contributed by atoms with Gasteiger partial charge in [0.25, 0.3) is 5.91 Å². The van der Waals surface area contributed by atoms with Crippen molar-refractivity contribution >= 4 is 22.6 Å². The molecule has 1 saturated heterocycles. The number of benzene rings is 1. The summed E-state index contributed by atoms with van der Waals surface area (Å²) in [6, 6.07) is 4.04. The minimum absolute atomic E-state index is 0.0788. The number of nitrogens with one attached hydrogen (secondary N) is 2. The van der Waals surface area contributed by atoms with E-state index in [9.17, 15) is 13.6 Å². The largest absolute Gasteiger partial charge is 0.381 e. The van der Waals surface area contributed by atoms with E-state index in [2.05, 4.69) is 20.7 Å². The Kier molecular flexibility index (Phi) is 5.89. The maximum atomic E-state index is 13.9. The van der Waals surface area contributed by atoms with Gasteiger partial charge in [-0.3, -0.25) is 4.79 Å². The molecule has 2 aromatic heterocycles. The van der Waals surface area contributed by atoms with Crippen LogP contribution in [-0.2, 0) is 17.8 Å². The van der Waals surface area contributed by atoms with Crippen LogP contribution in [0.3, 0.4) is 0 Å². The number of aryl methyl sites for hydroxylation is 1. The molecule has 2 N–H and O–H groups in total. The number of halogens is 2. The minimum atomic E-state index is -0.962. The summed E-state index contributed by atoms with van der Waals surface area (Å²) >= 11 is 0. The van der Waals surface area contributed by atoms with Gasteiger partial charge in [-0.05, 0) is 25.8 Å². The minimum Gasteiger partial charge on any atom is -0.381 e. The van der Waals surface area contributed by atoms with E-state index in [0.29, 0.717) is 36.7 Å². The van der Waals surface area contributed by atoms with Crippen LogP contribution in [0.15, 0.2) is 30.6 Å². The van der Waals surface area contributed by atoms with Crippen LogP contribution in [0.25, 0.3) is 11.0 Å². The van der Waals surface area contributed by atoms with Crippen LogP contribution in [0, 0.1) is 11.6 Å². The lowest BCUT2D eigenvalue weighted by Gasteiger charge is -2.25. The van der Waals surface area contributed by atoms with Crippen molar-refractivity contribution in [1.82, 2.24) is 20.1 Å². The van der Waals surface area contributed by atoms with Crippen molar-refractivity contribution in [2.45, 2.75) is 38.9 Å². The predicted molar refractivity (Wildman–Crippen MR) is 108 cm³/mol. The van der Waals surface area contributed by atoms with Crippen LogP contribution in [0.5, 0.6) is 0 Å². The molecule has 3 heterocycles. The highest BCUT2D eigenvalue weighted by molar-refractivity contribution is 6.06. The van der Waals surface area contributed by atoms with Crippen LogP contribution in [0.1, 0.15) is 35.7 Å². The van der Waals surface area contributed by atoms with Crippen molar-refractivity contribution in [3.05, 3.63) is 53.4 Å². The Labute approximate surface area is 172 Å². The average molecular weight is 415 g/mol. The Morgan fingerprint density at radius 2 is 2.07 bits per heavy atom. The van der Waals surface area contributed by atoms with Crippen molar-refractivity contribution in [3.8, 4) is 0 Å². The van der Waals surface area contributed by atoms with E-state index in [0.717, 1.165) is 24.3 Å². The van der Waals surface area contributed by atoms with Gasteiger partial charge in [0.05, 0.1) is 22.8 Å². The van der Waals surface area contributed by atoms with Crippen LogP contribution < -0.4 is 10.6 Å². The van der Waals surface area contributed by atoms with E-state index in [4.69, 9.17) is 4.74 Å². The van der Waals surface area contributed by atoms with Gasteiger partial charge in [0.1, 0.15) is 0 Å². The number of fused-ring (bicyclic) bond motifs is 1. The molecule has 0 radical (unpaired) electrons. The van der Waals surface area contributed by atoms with Crippen LogP contribution in [0.4, 0.5) is 14.5 Å². The molecule has 0 unspecified atom stereocenters. The van der Waals surface area contributed by atoms with Crippen LogP contribution in [0.2, 0.25) is 0 Å². The number of carbonyl (C=O) groups excluding carboxylic acids is 1. The number of nitrogens with zero attached hydrogens (tertiary/aromatic N) is 3. The zero-order chi connectivity index (χ0) is 21.1. The number of carbonyl (C=O) groups is 1. The summed E-state index contributed by atoms with van der Waals surface area (Å²) in [6.45, 7) is 3.79. The second-order valence-electron chi connectivity index (χ2n) is 7.17. The Bertz CT molecular complexity index is 1060. The highest BCUT2D eigenvalue weighted by Gasteiger charge is 2.22. The average Bonchev–Trinajstić information content (AvgIpc) is 3.19. The Morgan fingerprint density at radius 3 is 2.83 bits per heavy atom. The summed E-state index contributed by atoms with van der Waals surface area (Å²) in [6.07, 6.45) is 4.83. The first kappa shape index (κ1) is 20.2. The number of amides is 1. The Hall–Kier alpha value is -3.07. The van der Waals surface area contributed by atoms with E-state index in [-0.39, 0.29) is 18.2 Å². The third-order valence-corrected chi connectivity index (χ3v) is 5.25. The number of anilines is 1. The number of pyridine rings is 1. The van der Waals surface area contributed by atoms with E-state index >= 15 is 0 Å². The topological polar surface area (TPSA) is 81.1 Å². The molecule has 1 aromatic carbocycles. The fourth-order valence-corrected chi connectivity index (χ4v) is 3.59. The van der Waals surface area contributed by atoms with Gasteiger partial charge in [-0.15, -0.1) is 0 Å². The SMILES string of the molecule is CCn1ncc2c(NC3CCOCC3)c(C(=O)NCc3cccc(F)c3F)cnc21. The smallest absolute Gasteiger partial charge is 0.255 e. The third-order valence-electron chi connectivity index (χ3n) is 5.25. The van der Waals surface area contributed by atoms with Gasteiger partial charge >= 0.3 is 0 Å². The molecule has 1 aliphatic heterocycles. The van der Waals surface area contributed by atoms with E-state index in [1.807, 2.05) is 6.92 Å². The number of hydrogen-bond acceptors (Lipinski definition) is 5. The van der Waals surface area contributed by atoms with Crippen molar-refractivity contribution in [2.24, 2.45) is 0 Å². The van der Waals surface area contributed by atoms with Crippen molar-refractivity contribution in [1.29, 1.82) is 0 Å². The molecular formula is C21H23F2N5O2. The lowest BCUT2D eigenvalue weighted by molar-refractivity contribution is 0.0904. The fraction of sp³-hybridized carbons (Fsp3) is 0.381. The molecule has 158 valence electrons. The molecule has 4 rings (SSSR count). The summed E-state index contributed by atoms with van der Waals surface area (Å²) in [5.41, 5.74) is 1.74. The van der Waals surface area contributed by atoms with E-state index < -0.39 is 17.5 Å². The zero-order valence-corrected chi connectivity index (χ0v) is 16.6. The third kappa shape index (κ3) is 3.97. The number of hydrogen-bond donors (Lipinski definition) is 2. The molecule has 1 aliphatic rings. The summed E-state index contributed by atoms with van der Waals surface area (Å²) in [5.74, 6) is -2.33. The molecule has 0 saturated carbocycles. The maximum Gasteiger partial charge on any atom is 0.255 e. The maximum absolute atomic E-state index is 13.9. The first-order valence-electron chi connectivity index (χ1n) is 9.98. The first-order valence-corrected chi connectivity index (χ1v) is 9.98. The molecular weight excluding hydrogens is 392 g/mol. The number of aromatic nitrogens is 3. The van der Waals surface area contributed by atoms with Gasteiger partial charge < -0.3 is 15.4 Å². The Morgan fingerprint density at radius 1 is 1.27 bits per heavy atom. The monoisotopic (exact) mass is 415 g/mol. The second-order valence-corrected chi connectivity index (χ2v) is 7.17. The summed E-state index contributed by atoms with van der Waals surface area (Å²) in [5, 5.41) is 11.2. The Balaban J connectivity index is 1.63. The van der Waals surface area contributed by atoms with Gasteiger partial charge in [0.2, 0.25) is 0 Å². The van der Waals surface area contributed by atoms with Gasteiger partial charge in [-0.25, -0.2) is 18.4 Å². The molecule has 0 bridgehead atoms. The second kappa shape index (κ2) is 8.74. The molecule has 30 heavy (non-hydrogen) atoms. The molecule has 1 fully saturated rings. The van der Waals surface area contributed by atoms with Gasteiger partial charge in [0.15, 0.2) is 17.3 Å². The standard InChI is InChI=1S/C21H23F2N5O2/c1-2-28-20-15(12-26-28)19(27-14-6-8-30-9-7-14)16(11-24-20)21(29)25-10-13-4-3-5-17(22)18(13)23/h3-5,11-12,14H,2,6-10H2,1H3,(H,24,27)(H,25,29).